The van der Waals surface area contributed by atoms with Crippen LogP contribution in [0.5, 0.6) is 0 Å². The van der Waals surface area contributed by atoms with Gasteiger partial charge in [0.2, 0.25) is 0 Å². The number of aryl methyl sites for hydroxylation is 1. The first kappa shape index (κ1) is 21.2. The van der Waals surface area contributed by atoms with Gasteiger partial charge in [-0.15, -0.1) is 0 Å². The molecule has 1 unspecified atom stereocenters. The van der Waals surface area contributed by atoms with Crippen molar-refractivity contribution in [3.05, 3.63) is 83.6 Å². The van der Waals surface area contributed by atoms with E-state index in [9.17, 15) is 13.6 Å². The molecule has 0 radical (unpaired) electrons. The molecule has 0 bridgehead atoms. The summed E-state index contributed by atoms with van der Waals surface area (Å²) < 4.78 is 33.9. The molecule has 10 heteroatoms. The quantitative estimate of drug-likeness (QED) is 0.479. The van der Waals surface area contributed by atoms with Gasteiger partial charge in [-0.25, -0.2) is 8.78 Å². The first-order valence-electron chi connectivity index (χ1n) is 9.68. The number of carbonyl (C=O) groups is 1. The van der Waals surface area contributed by atoms with E-state index in [-0.39, 0.29) is 23.6 Å². The standard InChI is InChI=1S/C22H20F2N6O2/c1-22(13-9-28-30(2)11-13,20-6-4-15(25)10-26-20)12-27-21(31)18-8-19(32-29-18)16-5-3-14(23)7-17(16)24/h3-11H,12,25H2,1-2H3,(H,27,31). The van der Waals surface area contributed by atoms with E-state index in [1.807, 2.05) is 13.1 Å². The number of amides is 1. The van der Waals surface area contributed by atoms with Gasteiger partial charge in [0.25, 0.3) is 5.91 Å². The molecule has 0 saturated heterocycles. The third-order valence-electron chi connectivity index (χ3n) is 5.24. The molecule has 0 aliphatic heterocycles. The maximum absolute atomic E-state index is 14.0. The second-order valence-corrected chi connectivity index (χ2v) is 7.59. The van der Waals surface area contributed by atoms with Crippen LogP contribution < -0.4 is 11.1 Å². The Bertz CT molecular complexity index is 1270. The number of nitrogens with zero attached hydrogens (tertiary/aromatic N) is 4. The van der Waals surface area contributed by atoms with Gasteiger partial charge < -0.3 is 15.6 Å². The molecule has 0 fully saturated rings. The third-order valence-corrected chi connectivity index (χ3v) is 5.24. The minimum atomic E-state index is -0.813. The Labute approximate surface area is 182 Å². The van der Waals surface area contributed by atoms with Crippen LogP contribution in [0.3, 0.4) is 0 Å². The Morgan fingerprint density at radius 1 is 1.22 bits per heavy atom. The summed E-state index contributed by atoms with van der Waals surface area (Å²) in [6.45, 7) is 2.09. The van der Waals surface area contributed by atoms with E-state index in [0.29, 0.717) is 11.4 Å². The highest BCUT2D eigenvalue weighted by molar-refractivity contribution is 5.93. The molecule has 32 heavy (non-hydrogen) atoms. The van der Waals surface area contributed by atoms with Crippen molar-refractivity contribution in [2.45, 2.75) is 12.3 Å². The van der Waals surface area contributed by atoms with Crippen molar-refractivity contribution in [2.24, 2.45) is 7.05 Å². The molecule has 4 aromatic rings. The number of aromatic nitrogens is 4. The van der Waals surface area contributed by atoms with Crippen LogP contribution in [-0.2, 0) is 12.5 Å². The van der Waals surface area contributed by atoms with E-state index >= 15 is 0 Å². The Balaban J connectivity index is 1.57. The summed E-state index contributed by atoms with van der Waals surface area (Å²) in [5.41, 5.74) is 7.07. The molecule has 0 aliphatic carbocycles. The zero-order chi connectivity index (χ0) is 22.9. The summed E-state index contributed by atoms with van der Waals surface area (Å²) in [7, 11) is 1.80. The number of anilines is 1. The lowest BCUT2D eigenvalue weighted by atomic mass is 9.80. The predicted octanol–water partition coefficient (Wildman–Crippen LogP) is 3.07. The van der Waals surface area contributed by atoms with Crippen LogP contribution in [0.15, 0.2) is 59.5 Å². The summed E-state index contributed by atoms with van der Waals surface area (Å²) in [5.74, 6) is -2.03. The topological polar surface area (TPSA) is 112 Å². The van der Waals surface area contributed by atoms with Crippen LogP contribution in [0, 0.1) is 11.6 Å². The molecular weight excluding hydrogens is 418 g/mol. The van der Waals surface area contributed by atoms with Crippen molar-refractivity contribution >= 4 is 11.6 Å². The highest BCUT2D eigenvalue weighted by atomic mass is 19.1. The maximum Gasteiger partial charge on any atom is 0.273 e. The highest BCUT2D eigenvalue weighted by Crippen LogP contribution is 2.30. The first-order chi connectivity index (χ1) is 15.3. The number of hydrogen-bond donors (Lipinski definition) is 2. The molecule has 1 amide bonds. The summed E-state index contributed by atoms with van der Waals surface area (Å²) >= 11 is 0. The van der Waals surface area contributed by atoms with Crippen LogP contribution in [-0.4, -0.2) is 32.4 Å². The number of halogens is 2. The molecular formula is C22H20F2N6O2. The molecule has 1 atom stereocenters. The van der Waals surface area contributed by atoms with E-state index in [0.717, 1.165) is 17.7 Å². The maximum atomic E-state index is 14.0. The molecule has 3 aromatic heterocycles. The number of nitrogens with one attached hydrogen (secondary N) is 1. The lowest BCUT2D eigenvalue weighted by molar-refractivity contribution is 0.0938. The average Bonchev–Trinajstić information content (AvgIpc) is 3.42. The monoisotopic (exact) mass is 438 g/mol. The van der Waals surface area contributed by atoms with Crippen molar-refractivity contribution in [1.29, 1.82) is 0 Å². The molecule has 4 rings (SSSR count). The van der Waals surface area contributed by atoms with Crippen LogP contribution in [0.2, 0.25) is 0 Å². The smallest absolute Gasteiger partial charge is 0.273 e. The molecule has 3 N–H and O–H groups in total. The van der Waals surface area contributed by atoms with Crippen molar-refractivity contribution in [3.8, 4) is 11.3 Å². The predicted molar refractivity (Wildman–Crippen MR) is 112 cm³/mol. The van der Waals surface area contributed by atoms with Crippen molar-refractivity contribution in [3.63, 3.8) is 0 Å². The first-order valence-corrected chi connectivity index (χ1v) is 9.68. The number of nitrogen functional groups attached to an aromatic ring is 1. The Kier molecular flexibility index (Phi) is 5.43. The van der Waals surface area contributed by atoms with Gasteiger partial charge in [0.15, 0.2) is 11.5 Å². The van der Waals surface area contributed by atoms with Gasteiger partial charge in [-0.05, 0) is 31.2 Å². The summed E-state index contributed by atoms with van der Waals surface area (Å²) in [4.78, 5) is 17.2. The number of carbonyl (C=O) groups excluding carboxylic acids is 1. The van der Waals surface area contributed by atoms with Crippen LogP contribution in [0.1, 0.15) is 28.7 Å². The number of rotatable bonds is 6. The van der Waals surface area contributed by atoms with Gasteiger partial charge >= 0.3 is 0 Å². The van der Waals surface area contributed by atoms with Gasteiger partial charge in [0.05, 0.1) is 34.8 Å². The number of nitrogens with two attached hydrogens (primary N) is 1. The molecule has 164 valence electrons. The fourth-order valence-electron chi connectivity index (χ4n) is 3.32. The number of pyridine rings is 1. The van der Waals surface area contributed by atoms with Gasteiger partial charge in [0.1, 0.15) is 11.6 Å². The van der Waals surface area contributed by atoms with E-state index < -0.39 is 23.0 Å². The fourth-order valence-corrected chi connectivity index (χ4v) is 3.32. The van der Waals surface area contributed by atoms with Gasteiger partial charge in [-0.1, -0.05) is 5.16 Å². The fraction of sp³-hybridized carbons (Fsp3) is 0.182. The molecule has 1 aromatic carbocycles. The van der Waals surface area contributed by atoms with Crippen molar-refractivity contribution in [1.82, 2.24) is 25.2 Å². The molecule has 3 heterocycles. The van der Waals surface area contributed by atoms with Gasteiger partial charge in [-0.3, -0.25) is 14.5 Å². The molecule has 8 nitrogen and oxygen atoms in total. The summed E-state index contributed by atoms with van der Waals surface area (Å²) in [6, 6.07) is 7.88. The zero-order valence-electron chi connectivity index (χ0n) is 17.3. The van der Waals surface area contributed by atoms with E-state index in [1.165, 1.54) is 12.1 Å². The van der Waals surface area contributed by atoms with Crippen molar-refractivity contribution < 1.29 is 18.1 Å². The minimum absolute atomic E-state index is 0.00391. The van der Waals surface area contributed by atoms with Crippen molar-refractivity contribution in [2.75, 3.05) is 12.3 Å². The Hall–Kier alpha value is -4.08. The lowest BCUT2D eigenvalue weighted by Gasteiger charge is -2.28. The number of benzene rings is 1. The molecule has 0 aliphatic rings. The number of hydrogen-bond acceptors (Lipinski definition) is 6. The van der Waals surface area contributed by atoms with Crippen LogP contribution in [0.4, 0.5) is 14.5 Å². The highest BCUT2D eigenvalue weighted by Gasteiger charge is 2.33. The van der Waals surface area contributed by atoms with Gasteiger partial charge in [-0.2, -0.15) is 5.10 Å². The SMILES string of the molecule is Cn1cc(C(C)(CNC(=O)c2cc(-c3ccc(F)cc3F)on2)c2ccc(N)cn2)cn1. The second-order valence-electron chi connectivity index (χ2n) is 7.59. The lowest BCUT2D eigenvalue weighted by Crippen LogP contribution is -2.40. The summed E-state index contributed by atoms with van der Waals surface area (Å²) in [6.07, 6.45) is 5.10. The minimum Gasteiger partial charge on any atom is -0.397 e. The Morgan fingerprint density at radius 3 is 2.69 bits per heavy atom. The summed E-state index contributed by atoms with van der Waals surface area (Å²) in [5, 5.41) is 10.8. The largest absolute Gasteiger partial charge is 0.397 e. The van der Waals surface area contributed by atoms with Crippen LogP contribution >= 0.6 is 0 Å². The third kappa shape index (κ3) is 4.07. The Morgan fingerprint density at radius 2 is 2.03 bits per heavy atom. The van der Waals surface area contributed by atoms with E-state index in [4.69, 9.17) is 10.3 Å². The second kappa shape index (κ2) is 8.22. The zero-order valence-corrected chi connectivity index (χ0v) is 17.3. The van der Waals surface area contributed by atoms with Crippen LogP contribution in [0.25, 0.3) is 11.3 Å². The normalized spacial score (nSPS) is 13.0. The van der Waals surface area contributed by atoms with E-state index in [2.05, 4.69) is 20.6 Å². The average molecular weight is 438 g/mol. The van der Waals surface area contributed by atoms with Gasteiger partial charge in [0, 0.05) is 37.5 Å². The molecule has 0 saturated carbocycles. The van der Waals surface area contributed by atoms with E-state index in [1.54, 1.807) is 36.3 Å². The molecule has 0 spiro atoms.